The van der Waals surface area contributed by atoms with Gasteiger partial charge in [0, 0.05) is 4.90 Å². The number of fused-ring (bicyclic) bond motifs is 5. The molecule has 0 bridgehead atoms. The van der Waals surface area contributed by atoms with Crippen LogP contribution in [0.2, 0.25) is 0 Å². The third-order valence-electron chi connectivity index (χ3n) is 3.62. The Balaban J connectivity index is 2.03. The standard InChI is InChI=1S/C14H10O2S2/c15-18(16)12-8-4-2-6-10(12)13-14(18)9-5-1-3-7-11(9)17-13/h1-8,13-14H. The van der Waals surface area contributed by atoms with E-state index >= 15 is 0 Å². The fourth-order valence-electron chi connectivity index (χ4n) is 2.85. The lowest BCUT2D eigenvalue weighted by molar-refractivity contribution is 0.589. The molecule has 4 rings (SSSR count). The number of hydrogen-bond donors (Lipinski definition) is 0. The maximum absolute atomic E-state index is 12.6. The van der Waals surface area contributed by atoms with Crippen LogP contribution in [0.15, 0.2) is 58.3 Å². The maximum Gasteiger partial charge on any atom is 0.187 e. The van der Waals surface area contributed by atoms with Gasteiger partial charge in [-0.2, -0.15) is 0 Å². The molecule has 2 atom stereocenters. The van der Waals surface area contributed by atoms with Crippen LogP contribution in [0, 0.1) is 0 Å². The predicted molar refractivity (Wildman–Crippen MR) is 71.4 cm³/mol. The van der Waals surface area contributed by atoms with Crippen molar-refractivity contribution < 1.29 is 8.42 Å². The van der Waals surface area contributed by atoms with Crippen LogP contribution >= 0.6 is 11.8 Å². The Hall–Kier alpha value is -1.26. The molecule has 2 heterocycles. The molecule has 90 valence electrons. The molecule has 0 fully saturated rings. The van der Waals surface area contributed by atoms with Crippen molar-refractivity contribution in [3.63, 3.8) is 0 Å². The fraction of sp³-hybridized carbons (Fsp3) is 0.143. The van der Waals surface area contributed by atoms with Gasteiger partial charge in [0.1, 0.15) is 5.25 Å². The van der Waals surface area contributed by atoms with Crippen molar-refractivity contribution in [2.45, 2.75) is 20.3 Å². The van der Waals surface area contributed by atoms with Crippen molar-refractivity contribution in [3.8, 4) is 0 Å². The second-order valence-corrected chi connectivity index (χ2v) is 7.80. The summed E-state index contributed by atoms with van der Waals surface area (Å²) in [6, 6.07) is 15.2. The van der Waals surface area contributed by atoms with Crippen molar-refractivity contribution in [1.29, 1.82) is 0 Å². The van der Waals surface area contributed by atoms with Gasteiger partial charge in [-0.25, -0.2) is 8.42 Å². The Morgan fingerprint density at radius 3 is 2.39 bits per heavy atom. The van der Waals surface area contributed by atoms with Crippen molar-refractivity contribution in [1.82, 2.24) is 0 Å². The third-order valence-corrected chi connectivity index (χ3v) is 7.38. The molecule has 18 heavy (non-hydrogen) atoms. The van der Waals surface area contributed by atoms with E-state index in [1.165, 1.54) is 0 Å². The first-order valence-electron chi connectivity index (χ1n) is 5.78. The predicted octanol–water partition coefficient (Wildman–Crippen LogP) is 3.36. The van der Waals surface area contributed by atoms with Crippen LogP contribution in [-0.4, -0.2) is 8.42 Å². The van der Waals surface area contributed by atoms with Crippen LogP contribution in [0.4, 0.5) is 0 Å². The molecule has 2 aromatic carbocycles. The maximum atomic E-state index is 12.6. The molecule has 0 spiro atoms. The molecule has 4 heteroatoms. The summed E-state index contributed by atoms with van der Waals surface area (Å²) < 4.78 is 25.2. The summed E-state index contributed by atoms with van der Waals surface area (Å²) >= 11 is 1.67. The Labute approximate surface area is 110 Å². The summed E-state index contributed by atoms with van der Waals surface area (Å²) in [4.78, 5) is 1.62. The molecule has 0 radical (unpaired) electrons. The van der Waals surface area contributed by atoms with E-state index in [0.29, 0.717) is 4.90 Å². The first kappa shape index (κ1) is 10.6. The van der Waals surface area contributed by atoms with E-state index in [1.807, 2.05) is 36.4 Å². The first-order chi connectivity index (χ1) is 8.69. The minimum Gasteiger partial charge on any atom is -0.223 e. The van der Waals surface area contributed by atoms with Crippen LogP contribution in [-0.2, 0) is 9.84 Å². The van der Waals surface area contributed by atoms with E-state index in [1.54, 1.807) is 23.9 Å². The van der Waals surface area contributed by atoms with E-state index in [2.05, 4.69) is 0 Å². The monoisotopic (exact) mass is 274 g/mol. The average Bonchev–Trinajstić information content (AvgIpc) is 2.86. The van der Waals surface area contributed by atoms with Gasteiger partial charge in [0.2, 0.25) is 0 Å². The SMILES string of the molecule is O=S1(=O)c2ccccc2C2Sc3ccccc3C21. The zero-order valence-electron chi connectivity index (χ0n) is 9.41. The summed E-state index contributed by atoms with van der Waals surface area (Å²) in [6.07, 6.45) is 0. The Bertz CT molecular complexity index is 750. The second-order valence-electron chi connectivity index (χ2n) is 4.58. The van der Waals surface area contributed by atoms with Crippen LogP contribution in [0.25, 0.3) is 0 Å². The number of rotatable bonds is 0. The Morgan fingerprint density at radius 2 is 1.56 bits per heavy atom. The van der Waals surface area contributed by atoms with Gasteiger partial charge in [0.05, 0.1) is 10.1 Å². The third kappa shape index (κ3) is 1.17. The largest absolute Gasteiger partial charge is 0.223 e. The molecule has 2 aliphatic rings. The van der Waals surface area contributed by atoms with E-state index < -0.39 is 15.1 Å². The van der Waals surface area contributed by atoms with E-state index in [9.17, 15) is 8.42 Å². The lowest BCUT2D eigenvalue weighted by Crippen LogP contribution is -2.07. The highest BCUT2D eigenvalue weighted by Gasteiger charge is 2.50. The van der Waals surface area contributed by atoms with E-state index in [0.717, 1.165) is 16.0 Å². The van der Waals surface area contributed by atoms with E-state index in [4.69, 9.17) is 0 Å². The van der Waals surface area contributed by atoms with Gasteiger partial charge in [-0.3, -0.25) is 0 Å². The van der Waals surface area contributed by atoms with Gasteiger partial charge in [-0.15, -0.1) is 11.8 Å². The minimum atomic E-state index is -3.22. The Kier molecular flexibility index (Phi) is 2.01. The van der Waals surface area contributed by atoms with Gasteiger partial charge in [-0.05, 0) is 23.3 Å². The van der Waals surface area contributed by atoms with Crippen LogP contribution < -0.4 is 0 Å². The molecule has 2 unspecified atom stereocenters. The van der Waals surface area contributed by atoms with Gasteiger partial charge in [0.25, 0.3) is 0 Å². The summed E-state index contributed by atoms with van der Waals surface area (Å²) in [5.41, 5.74) is 1.92. The molecule has 0 saturated heterocycles. The first-order valence-corrected chi connectivity index (χ1v) is 8.20. The summed E-state index contributed by atoms with van der Waals surface area (Å²) in [5, 5.41) is -0.361. The molecule has 0 N–H and O–H groups in total. The van der Waals surface area contributed by atoms with Crippen molar-refractivity contribution >= 4 is 21.6 Å². The van der Waals surface area contributed by atoms with Crippen LogP contribution in [0.5, 0.6) is 0 Å². The smallest absolute Gasteiger partial charge is 0.187 e. The van der Waals surface area contributed by atoms with Gasteiger partial charge in [0.15, 0.2) is 9.84 Å². The zero-order valence-corrected chi connectivity index (χ0v) is 11.0. The molecule has 0 saturated carbocycles. The second kappa shape index (κ2) is 3.39. The number of thioether (sulfide) groups is 1. The highest BCUT2D eigenvalue weighted by molar-refractivity contribution is 8.02. The van der Waals surface area contributed by atoms with Gasteiger partial charge < -0.3 is 0 Å². The molecular formula is C14H10O2S2. The molecule has 2 aromatic rings. The van der Waals surface area contributed by atoms with E-state index in [-0.39, 0.29) is 5.25 Å². The summed E-state index contributed by atoms with van der Waals surface area (Å²) in [5.74, 6) is 0. The highest BCUT2D eigenvalue weighted by Crippen LogP contribution is 2.62. The average molecular weight is 274 g/mol. The number of benzene rings is 2. The Morgan fingerprint density at radius 1 is 0.889 bits per heavy atom. The summed E-state index contributed by atoms with van der Waals surface area (Å²) in [7, 11) is -3.22. The van der Waals surface area contributed by atoms with Crippen molar-refractivity contribution in [3.05, 3.63) is 59.7 Å². The van der Waals surface area contributed by atoms with Gasteiger partial charge in [-0.1, -0.05) is 36.4 Å². The molecular weight excluding hydrogens is 264 g/mol. The number of hydrogen-bond acceptors (Lipinski definition) is 3. The zero-order chi connectivity index (χ0) is 12.3. The summed E-state index contributed by atoms with van der Waals surface area (Å²) in [6.45, 7) is 0. The number of sulfone groups is 1. The molecule has 0 aromatic heterocycles. The van der Waals surface area contributed by atoms with Crippen LogP contribution in [0.1, 0.15) is 21.6 Å². The van der Waals surface area contributed by atoms with Crippen molar-refractivity contribution in [2.75, 3.05) is 0 Å². The van der Waals surface area contributed by atoms with Crippen LogP contribution in [0.3, 0.4) is 0 Å². The fourth-order valence-corrected chi connectivity index (χ4v) is 7.05. The molecule has 0 aliphatic carbocycles. The normalized spacial score (nSPS) is 26.4. The minimum absolute atomic E-state index is 0.0311. The quantitative estimate of drug-likeness (QED) is 0.738. The molecule has 0 amide bonds. The topological polar surface area (TPSA) is 34.1 Å². The molecule has 2 nitrogen and oxygen atoms in total. The lowest BCUT2D eigenvalue weighted by atomic mass is 10.0. The highest BCUT2D eigenvalue weighted by atomic mass is 32.2. The molecule has 2 aliphatic heterocycles. The lowest BCUT2D eigenvalue weighted by Gasteiger charge is -2.08. The van der Waals surface area contributed by atoms with Crippen molar-refractivity contribution in [2.24, 2.45) is 0 Å². The van der Waals surface area contributed by atoms with Gasteiger partial charge >= 0.3 is 0 Å².